The molecule has 1 amide bonds. The fourth-order valence-electron chi connectivity index (χ4n) is 2.37. The number of hydrogen-bond donors (Lipinski definition) is 2. The molecule has 0 saturated carbocycles. The van der Waals surface area contributed by atoms with Crippen molar-refractivity contribution in [3.63, 3.8) is 0 Å². The maximum absolute atomic E-state index is 12.5. The quantitative estimate of drug-likeness (QED) is 0.776. The van der Waals surface area contributed by atoms with E-state index in [-0.39, 0.29) is 24.9 Å². The van der Waals surface area contributed by atoms with E-state index in [2.05, 4.69) is 5.32 Å². The lowest BCUT2D eigenvalue weighted by molar-refractivity contribution is -0.142. The molecule has 0 radical (unpaired) electrons. The van der Waals surface area contributed by atoms with Gasteiger partial charge in [0.05, 0.1) is 12.0 Å². The number of carbonyl (C=O) groups excluding carboxylic acids is 1. The van der Waals surface area contributed by atoms with Crippen LogP contribution in [0, 0.1) is 0 Å². The number of amides is 1. The van der Waals surface area contributed by atoms with Crippen LogP contribution < -0.4 is 5.32 Å². The minimum atomic E-state index is -0.866. The van der Waals surface area contributed by atoms with Gasteiger partial charge in [0.25, 0.3) is 0 Å². The van der Waals surface area contributed by atoms with Crippen LogP contribution in [-0.2, 0) is 9.59 Å². The number of hydrogen-bond acceptors (Lipinski definition) is 3. The Labute approximate surface area is 109 Å². The van der Waals surface area contributed by atoms with Crippen molar-refractivity contribution in [3.8, 4) is 0 Å². The van der Waals surface area contributed by atoms with Gasteiger partial charge in [0.15, 0.2) is 0 Å². The van der Waals surface area contributed by atoms with E-state index in [9.17, 15) is 9.59 Å². The number of carbonyl (C=O) groups is 2. The van der Waals surface area contributed by atoms with Crippen molar-refractivity contribution in [2.24, 2.45) is 0 Å². The first-order valence-electron chi connectivity index (χ1n) is 6.65. The van der Waals surface area contributed by atoms with E-state index < -0.39 is 11.5 Å². The van der Waals surface area contributed by atoms with Gasteiger partial charge in [0, 0.05) is 12.6 Å². The first-order valence-corrected chi connectivity index (χ1v) is 6.65. The summed E-state index contributed by atoms with van der Waals surface area (Å²) in [5, 5.41) is 12.0. The van der Waals surface area contributed by atoms with Gasteiger partial charge in [-0.2, -0.15) is 0 Å². The Morgan fingerprint density at radius 2 is 2.06 bits per heavy atom. The topological polar surface area (TPSA) is 69.6 Å². The molecule has 1 saturated heterocycles. The molecule has 0 aromatic rings. The molecule has 1 atom stereocenters. The first kappa shape index (κ1) is 15.0. The molecule has 1 unspecified atom stereocenters. The van der Waals surface area contributed by atoms with Crippen molar-refractivity contribution in [1.82, 2.24) is 10.2 Å². The highest BCUT2D eigenvalue weighted by molar-refractivity contribution is 5.86. The van der Waals surface area contributed by atoms with E-state index in [0.29, 0.717) is 0 Å². The number of carboxylic acid groups (broad SMARTS) is 1. The highest BCUT2D eigenvalue weighted by atomic mass is 16.4. The van der Waals surface area contributed by atoms with Crippen LogP contribution in [0.2, 0.25) is 0 Å². The number of nitrogens with one attached hydrogen (secondary N) is 1. The van der Waals surface area contributed by atoms with E-state index in [1.807, 2.05) is 20.8 Å². The average Bonchev–Trinajstić information content (AvgIpc) is 2.29. The lowest BCUT2D eigenvalue weighted by Crippen LogP contribution is -2.59. The monoisotopic (exact) mass is 256 g/mol. The number of carboxylic acids is 1. The second kappa shape index (κ2) is 6.18. The van der Waals surface area contributed by atoms with Gasteiger partial charge in [0.1, 0.15) is 0 Å². The lowest BCUT2D eigenvalue weighted by atomic mass is 9.89. The molecule has 0 aliphatic carbocycles. The largest absolute Gasteiger partial charge is 0.481 e. The van der Waals surface area contributed by atoms with Gasteiger partial charge in [-0.15, -0.1) is 0 Å². The summed E-state index contributed by atoms with van der Waals surface area (Å²) in [4.78, 5) is 24.9. The third kappa shape index (κ3) is 3.70. The Balaban J connectivity index is 2.71. The second-order valence-electron chi connectivity index (χ2n) is 5.45. The van der Waals surface area contributed by atoms with E-state index >= 15 is 0 Å². The third-order valence-corrected chi connectivity index (χ3v) is 3.54. The molecule has 1 rings (SSSR count). The summed E-state index contributed by atoms with van der Waals surface area (Å²) < 4.78 is 0. The molecule has 1 heterocycles. The van der Waals surface area contributed by atoms with Gasteiger partial charge >= 0.3 is 5.97 Å². The van der Waals surface area contributed by atoms with Gasteiger partial charge in [-0.25, -0.2) is 0 Å². The van der Waals surface area contributed by atoms with Crippen molar-refractivity contribution in [1.29, 1.82) is 0 Å². The fourth-order valence-corrected chi connectivity index (χ4v) is 2.37. The molecule has 0 aromatic heterocycles. The summed E-state index contributed by atoms with van der Waals surface area (Å²) in [5.41, 5.74) is -0.527. The lowest BCUT2D eigenvalue weighted by Gasteiger charge is -2.39. The molecule has 18 heavy (non-hydrogen) atoms. The molecule has 2 N–H and O–H groups in total. The molecule has 1 fully saturated rings. The maximum atomic E-state index is 12.5. The van der Waals surface area contributed by atoms with Crippen molar-refractivity contribution < 1.29 is 14.7 Å². The Kier molecular flexibility index (Phi) is 5.14. The molecular formula is C13H24N2O3. The molecule has 104 valence electrons. The van der Waals surface area contributed by atoms with Crippen LogP contribution in [0.25, 0.3) is 0 Å². The summed E-state index contributed by atoms with van der Waals surface area (Å²) in [6, 6.07) is 0.0254. The van der Waals surface area contributed by atoms with Crippen molar-refractivity contribution in [2.45, 2.75) is 58.0 Å². The van der Waals surface area contributed by atoms with Crippen molar-refractivity contribution in [2.75, 3.05) is 13.1 Å². The van der Waals surface area contributed by atoms with Crippen LogP contribution in [0.4, 0.5) is 0 Å². The zero-order chi connectivity index (χ0) is 13.8. The zero-order valence-electron chi connectivity index (χ0n) is 11.5. The maximum Gasteiger partial charge on any atom is 0.305 e. The van der Waals surface area contributed by atoms with E-state index in [1.165, 1.54) is 0 Å². The third-order valence-electron chi connectivity index (χ3n) is 3.54. The SMILES string of the molecule is CC(C)N(CCC(=O)O)C(=O)C1(C)CCCCN1. The highest BCUT2D eigenvalue weighted by Gasteiger charge is 2.38. The Morgan fingerprint density at radius 3 is 2.50 bits per heavy atom. The summed E-state index contributed by atoms with van der Waals surface area (Å²) in [6.45, 7) is 6.90. The molecule has 5 heteroatoms. The Hall–Kier alpha value is -1.10. The summed E-state index contributed by atoms with van der Waals surface area (Å²) in [6.07, 6.45) is 2.96. The van der Waals surface area contributed by atoms with Crippen LogP contribution in [0.3, 0.4) is 0 Å². The summed E-state index contributed by atoms with van der Waals surface area (Å²) in [5.74, 6) is -0.839. The van der Waals surface area contributed by atoms with Crippen LogP contribution in [-0.4, -0.2) is 46.6 Å². The number of nitrogens with zero attached hydrogens (tertiary/aromatic N) is 1. The number of aliphatic carboxylic acids is 1. The van der Waals surface area contributed by atoms with Gasteiger partial charge in [-0.3, -0.25) is 9.59 Å². The summed E-state index contributed by atoms with van der Waals surface area (Å²) >= 11 is 0. The predicted octanol–water partition coefficient (Wildman–Crippen LogP) is 1.23. The Morgan fingerprint density at radius 1 is 1.39 bits per heavy atom. The highest BCUT2D eigenvalue weighted by Crippen LogP contribution is 2.22. The average molecular weight is 256 g/mol. The number of rotatable bonds is 5. The van der Waals surface area contributed by atoms with Crippen LogP contribution >= 0.6 is 0 Å². The normalized spacial score (nSPS) is 24.0. The van der Waals surface area contributed by atoms with Crippen molar-refractivity contribution in [3.05, 3.63) is 0 Å². The fraction of sp³-hybridized carbons (Fsp3) is 0.846. The number of piperidine rings is 1. The van der Waals surface area contributed by atoms with Gasteiger partial charge < -0.3 is 15.3 Å². The molecule has 0 aromatic carbocycles. The smallest absolute Gasteiger partial charge is 0.305 e. The van der Waals surface area contributed by atoms with Crippen LogP contribution in [0.5, 0.6) is 0 Å². The van der Waals surface area contributed by atoms with E-state index in [0.717, 1.165) is 25.8 Å². The first-order chi connectivity index (χ1) is 8.37. The van der Waals surface area contributed by atoms with Gasteiger partial charge in [-0.1, -0.05) is 0 Å². The minimum Gasteiger partial charge on any atom is -0.481 e. The summed E-state index contributed by atoms with van der Waals surface area (Å²) in [7, 11) is 0. The molecule has 5 nitrogen and oxygen atoms in total. The van der Waals surface area contributed by atoms with E-state index in [4.69, 9.17) is 5.11 Å². The molecular weight excluding hydrogens is 232 g/mol. The van der Waals surface area contributed by atoms with E-state index in [1.54, 1.807) is 4.90 Å². The van der Waals surface area contributed by atoms with Crippen LogP contribution in [0.15, 0.2) is 0 Å². The predicted molar refractivity (Wildman–Crippen MR) is 69.4 cm³/mol. The molecule has 0 bridgehead atoms. The molecule has 0 spiro atoms. The Bertz CT molecular complexity index is 309. The molecule has 1 aliphatic rings. The van der Waals surface area contributed by atoms with Crippen molar-refractivity contribution >= 4 is 11.9 Å². The van der Waals surface area contributed by atoms with Gasteiger partial charge in [-0.05, 0) is 46.6 Å². The second-order valence-corrected chi connectivity index (χ2v) is 5.45. The minimum absolute atomic E-state index is 0. The molecule has 1 aliphatic heterocycles. The zero-order valence-corrected chi connectivity index (χ0v) is 11.5. The standard InChI is InChI=1S/C13H24N2O3/c1-10(2)15(9-6-11(16)17)12(18)13(3)7-4-5-8-14-13/h10,14H,4-9H2,1-3H3,(H,16,17). The van der Waals surface area contributed by atoms with Crippen LogP contribution in [0.1, 0.15) is 46.5 Å². The van der Waals surface area contributed by atoms with Gasteiger partial charge in [0.2, 0.25) is 5.91 Å².